The quantitative estimate of drug-likeness (QED) is 0.831. The van der Waals surface area contributed by atoms with Crippen molar-refractivity contribution in [3.05, 3.63) is 18.3 Å². The first-order valence-corrected chi connectivity index (χ1v) is 5.80. The smallest absolute Gasteiger partial charge is 0.146 e. The zero-order valence-electron chi connectivity index (χ0n) is 10.1. The first-order chi connectivity index (χ1) is 7.68. The molecule has 0 aliphatic carbocycles. The first-order valence-electron chi connectivity index (χ1n) is 5.80. The van der Waals surface area contributed by atoms with Gasteiger partial charge in [0.05, 0.1) is 5.69 Å². The standard InChI is InChI=1S/C12H20N4/c1-15-8-4-5-10(15)9-16(2)11-6-3-7-14-12(11)13/h3,6-7,10H,4-5,8-9H2,1-2H3,(H2,13,14). The van der Waals surface area contributed by atoms with Crippen LogP contribution in [0.2, 0.25) is 0 Å². The van der Waals surface area contributed by atoms with Gasteiger partial charge in [0.1, 0.15) is 5.82 Å². The van der Waals surface area contributed by atoms with Crippen molar-refractivity contribution in [3.63, 3.8) is 0 Å². The zero-order valence-corrected chi connectivity index (χ0v) is 10.1. The molecule has 1 aliphatic heterocycles. The van der Waals surface area contributed by atoms with Crippen molar-refractivity contribution in [2.45, 2.75) is 18.9 Å². The van der Waals surface area contributed by atoms with Crippen molar-refractivity contribution in [3.8, 4) is 0 Å². The van der Waals surface area contributed by atoms with E-state index in [4.69, 9.17) is 5.73 Å². The molecule has 88 valence electrons. The van der Waals surface area contributed by atoms with E-state index in [0.717, 1.165) is 12.2 Å². The van der Waals surface area contributed by atoms with Crippen molar-refractivity contribution in [1.82, 2.24) is 9.88 Å². The van der Waals surface area contributed by atoms with E-state index in [1.165, 1.54) is 19.4 Å². The summed E-state index contributed by atoms with van der Waals surface area (Å²) in [5.41, 5.74) is 6.89. The zero-order chi connectivity index (χ0) is 11.5. The molecule has 0 spiro atoms. The van der Waals surface area contributed by atoms with Gasteiger partial charge in [0.2, 0.25) is 0 Å². The molecule has 2 heterocycles. The molecule has 1 aromatic rings. The topological polar surface area (TPSA) is 45.4 Å². The lowest BCUT2D eigenvalue weighted by molar-refractivity contribution is 0.314. The minimum atomic E-state index is 0.616. The Morgan fingerprint density at radius 1 is 1.62 bits per heavy atom. The molecular weight excluding hydrogens is 200 g/mol. The van der Waals surface area contributed by atoms with Gasteiger partial charge in [0.15, 0.2) is 0 Å². The molecule has 0 radical (unpaired) electrons. The maximum Gasteiger partial charge on any atom is 0.146 e. The molecule has 1 aromatic heterocycles. The Labute approximate surface area is 97.1 Å². The van der Waals surface area contributed by atoms with E-state index in [1.807, 2.05) is 12.1 Å². The Morgan fingerprint density at radius 3 is 3.06 bits per heavy atom. The number of nitrogens with two attached hydrogens (primary N) is 1. The van der Waals surface area contributed by atoms with Gasteiger partial charge in [-0.2, -0.15) is 0 Å². The number of hydrogen-bond acceptors (Lipinski definition) is 4. The molecule has 1 unspecified atom stereocenters. The molecule has 1 saturated heterocycles. The van der Waals surface area contributed by atoms with E-state index in [1.54, 1.807) is 6.20 Å². The lowest BCUT2D eigenvalue weighted by Gasteiger charge is -2.27. The van der Waals surface area contributed by atoms with Crippen LogP contribution in [0.3, 0.4) is 0 Å². The maximum atomic E-state index is 5.86. The Morgan fingerprint density at radius 2 is 2.44 bits per heavy atom. The van der Waals surface area contributed by atoms with Crippen molar-refractivity contribution in [1.29, 1.82) is 0 Å². The molecule has 4 heteroatoms. The molecule has 0 bridgehead atoms. The lowest BCUT2D eigenvalue weighted by Crippen LogP contribution is -2.36. The third-order valence-electron chi connectivity index (χ3n) is 3.38. The second-order valence-corrected chi connectivity index (χ2v) is 4.56. The summed E-state index contributed by atoms with van der Waals surface area (Å²) in [6.45, 7) is 2.23. The minimum absolute atomic E-state index is 0.616. The van der Waals surface area contributed by atoms with E-state index in [-0.39, 0.29) is 0 Å². The summed E-state index contributed by atoms with van der Waals surface area (Å²) in [5, 5.41) is 0. The van der Waals surface area contributed by atoms with Crippen LogP contribution >= 0.6 is 0 Å². The number of anilines is 2. The van der Waals surface area contributed by atoms with Crippen LogP contribution in [-0.2, 0) is 0 Å². The van der Waals surface area contributed by atoms with Crippen LogP contribution in [0, 0.1) is 0 Å². The van der Waals surface area contributed by atoms with Crippen LogP contribution in [0.5, 0.6) is 0 Å². The highest BCUT2D eigenvalue weighted by molar-refractivity contribution is 5.62. The molecule has 1 atom stereocenters. The second kappa shape index (κ2) is 4.70. The molecule has 2 rings (SSSR count). The normalized spacial score (nSPS) is 21.2. The Kier molecular flexibility index (Phi) is 3.29. The highest BCUT2D eigenvalue weighted by atomic mass is 15.2. The molecular formula is C12H20N4. The summed E-state index contributed by atoms with van der Waals surface area (Å²) in [6, 6.07) is 4.60. The van der Waals surface area contributed by atoms with E-state index < -0.39 is 0 Å². The van der Waals surface area contributed by atoms with Crippen molar-refractivity contribution in [2.75, 3.05) is 37.8 Å². The van der Waals surface area contributed by atoms with E-state index in [9.17, 15) is 0 Å². The molecule has 2 N–H and O–H groups in total. The highest BCUT2D eigenvalue weighted by Gasteiger charge is 2.22. The van der Waals surface area contributed by atoms with E-state index in [2.05, 4.69) is 28.9 Å². The van der Waals surface area contributed by atoms with Crippen molar-refractivity contribution in [2.24, 2.45) is 0 Å². The third kappa shape index (κ3) is 2.27. The summed E-state index contributed by atoms with van der Waals surface area (Å²) in [6.07, 6.45) is 4.31. The van der Waals surface area contributed by atoms with Crippen LogP contribution in [0.4, 0.5) is 11.5 Å². The van der Waals surface area contributed by atoms with E-state index in [0.29, 0.717) is 11.9 Å². The number of nitrogen functional groups attached to an aromatic ring is 1. The number of nitrogens with zero attached hydrogens (tertiary/aromatic N) is 3. The second-order valence-electron chi connectivity index (χ2n) is 4.56. The van der Waals surface area contributed by atoms with Crippen molar-refractivity contribution < 1.29 is 0 Å². The van der Waals surface area contributed by atoms with Gasteiger partial charge in [0, 0.05) is 25.8 Å². The summed E-state index contributed by atoms with van der Waals surface area (Å²) in [5.74, 6) is 0.616. The molecule has 0 aromatic carbocycles. The molecule has 0 amide bonds. The monoisotopic (exact) mass is 220 g/mol. The minimum Gasteiger partial charge on any atom is -0.382 e. The number of rotatable bonds is 3. The lowest BCUT2D eigenvalue weighted by atomic mass is 10.2. The SMILES string of the molecule is CN(CC1CCCN1C)c1cccnc1N. The summed E-state index contributed by atoms with van der Waals surface area (Å²) >= 11 is 0. The average Bonchev–Trinajstić information content (AvgIpc) is 2.65. The van der Waals surface area contributed by atoms with Crippen LogP contribution in [0.15, 0.2) is 18.3 Å². The van der Waals surface area contributed by atoms with Gasteiger partial charge in [-0.3, -0.25) is 0 Å². The van der Waals surface area contributed by atoms with Crippen LogP contribution in [0.1, 0.15) is 12.8 Å². The predicted molar refractivity (Wildman–Crippen MR) is 67.6 cm³/mol. The van der Waals surface area contributed by atoms with E-state index >= 15 is 0 Å². The molecule has 16 heavy (non-hydrogen) atoms. The number of hydrogen-bond donors (Lipinski definition) is 1. The average molecular weight is 220 g/mol. The van der Waals surface area contributed by atoms with Gasteiger partial charge in [-0.15, -0.1) is 0 Å². The fourth-order valence-electron chi connectivity index (χ4n) is 2.36. The Balaban J connectivity index is 2.03. The Hall–Kier alpha value is -1.29. The van der Waals surface area contributed by atoms with Gasteiger partial charge in [-0.05, 0) is 38.6 Å². The van der Waals surface area contributed by atoms with Gasteiger partial charge in [-0.25, -0.2) is 4.98 Å². The number of aromatic nitrogens is 1. The number of likely N-dealkylation sites (tertiary alicyclic amines) is 1. The van der Waals surface area contributed by atoms with Crippen LogP contribution in [-0.4, -0.2) is 43.1 Å². The maximum absolute atomic E-state index is 5.86. The largest absolute Gasteiger partial charge is 0.382 e. The summed E-state index contributed by atoms with van der Waals surface area (Å²) < 4.78 is 0. The number of pyridine rings is 1. The molecule has 4 nitrogen and oxygen atoms in total. The summed E-state index contributed by atoms with van der Waals surface area (Å²) in [4.78, 5) is 8.74. The fourth-order valence-corrected chi connectivity index (χ4v) is 2.36. The molecule has 1 aliphatic rings. The fraction of sp³-hybridized carbons (Fsp3) is 0.583. The van der Waals surface area contributed by atoms with Crippen LogP contribution in [0.25, 0.3) is 0 Å². The molecule has 1 fully saturated rings. The summed E-state index contributed by atoms with van der Waals surface area (Å²) in [7, 11) is 4.28. The van der Waals surface area contributed by atoms with Gasteiger partial charge in [0.25, 0.3) is 0 Å². The first kappa shape index (κ1) is 11.2. The van der Waals surface area contributed by atoms with Gasteiger partial charge < -0.3 is 15.5 Å². The van der Waals surface area contributed by atoms with Gasteiger partial charge >= 0.3 is 0 Å². The van der Waals surface area contributed by atoms with Crippen molar-refractivity contribution >= 4 is 11.5 Å². The van der Waals surface area contributed by atoms with Gasteiger partial charge in [-0.1, -0.05) is 0 Å². The molecule has 0 saturated carbocycles. The predicted octanol–water partition coefficient (Wildman–Crippen LogP) is 1.19. The number of likely N-dealkylation sites (N-methyl/N-ethyl adjacent to an activating group) is 2. The third-order valence-corrected chi connectivity index (χ3v) is 3.38. The Bertz CT molecular complexity index is 353. The highest BCUT2D eigenvalue weighted by Crippen LogP contribution is 2.22. The van der Waals surface area contributed by atoms with Crippen LogP contribution < -0.4 is 10.6 Å².